The lowest BCUT2D eigenvalue weighted by Crippen LogP contribution is -2.49. The molecule has 0 aromatic carbocycles. The van der Waals surface area contributed by atoms with Crippen LogP contribution in [0.1, 0.15) is 6.42 Å². The first-order valence-corrected chi connectivity index (χ1v) is 4.95. The van der Waals surface area contributed by atoms with E-state index in [9.17, 15) is 14.3 Å². The Hall–Kier alpha value is -0.920. The van der Waals surface area contributed by atoms with Gasteiger partial charge in [0.25, 0.3) is 0 Å². The number of ether oxygens (including phenoxy) is 1. The van der Waals surface area contributed by atoms with Gasteiger partial charge in [0.15, 0.2) is 0 Å². The van der Waals surface area contributed by atoms with E-state index in [0.717, 1.165) is 0 Å². The number of aliphatic hydroxyl groups is 1. The van der Waals surface area contributed by atoms with Gasteiger partial charge in [0.1, 0.15) is 12.4 Å². The van der Waals surface area contributed by atoms with E-state index < -0.39 is 24.5 Å². The smallest absolute Gasteiger partial charge is 0.409 e. The molecule has 1 N–H and O–H groups in total. The van der Waals surface area contributed by atoms with Crippen LogP contribution in [0.5, 0.6) is 0 Å². The zero-order valence-corrected chi connectivity index (χ0v) is 9.59. The number of likely N-dealkylation sites (tertiary alicyclic amines) is 1. The minimum atomic E-state index is -1.15. The summed E-state index contributed by atoms with van der Waals surface area (Å²) in [6, 6.07) is -0.660. The molecule has 0 aromatic heterocycles. The third kappa shape index (κ3) is 2.60. The van der Waals surface area contributed by atoms with Crippen LogP contribution in [-0.4, -0.2) is 67.4 Å². The van der Waals surface area contributed by atoms with Crippen molar-refractivity contribution in [2.45, 2.75) is 24.9 Å². The van der Waals surface area contributed by atoms with Gasteiger partial charge in [0.2, 0.25) is 0 Å². The molecule has 0 bridgehead atoms. The second kappa shape index (κ2) is 5.42. The predicted octanol–water partition coefficient (Wildman–Crippen LogP) is -0.0232. The summed E-state index contributed by atoms with van der Waals surface area (Å²) >= 11 is 0. The van der Waals surface area contributed by atoms with Crippen LogP contribution in [0.25, 0.3) is 0 Å². The summed E-state index contributed by atoms with van der Waals surface area (Å²) < 4.78 is 17.8. The van der Waals surface area contributed by atoms with Crippen LogP contribution in [0.15, 0.2) is 0 Å². The highest BCUT2D eigenvalue weighted by Gasteiger charge is 2.41. The van der Waals surface area contributed by atoms with Crippen molar-refractivity contribution in [1.82, 2.24) is 9.96 Å². The molecule has 1 unspecified atom stereocenters. The monoisotopic (exact) mass is 236 g/mol. The fraction of sp³-hybridized carbons (Fsp3) is 0.889. The fourth-order valence-corrected chi connectivity index (χ4v) is 1.77. The Morgan fingerprint density at radius 1 is 1.62 bits per heavy atom. The second-order valence-corrected chi connectivity index (χ2v) is 3.67. The number of carbonyl (C=O) groups excluding carboxylic acids is 1. The molecule has 1 heterocycles. The summed E-state index contributed by atoms with van der Waals surface area (Å²) in [4.78, 5) is 17.3. The number of rotatable bonds is 3. The summed E-state index contributed by atoms with van der Waals surface area (Å²) in [5.41, 5.74) is 0. The zero-order valence-electron chi connectivity index (χ0n) is 9.59. The van der Waals surface area contributed by atoms with Crippen molar-refractivity contribution in [3.05, 3.63) is 0 Å². The van der Waals surface area contributed by atoms with Gasteiger partial charge < -0.3 is 9.84 Å². The Bertz CT molecular complexity index is 254. The van der Waals surface area contributed by atoms with Gasteiger partial charge in [-0.15, -0.1) is 0 Å². The van der Waals surface area contributed by atoms with Crippen molar-refractivity contribution in [2.24, 2.45) is 0 Å². The zero-order chi connectivity index (χ0) is 12.3. The summed E-state index contributed by atoms with van der Waals surface area (Å²) in [5.74, 6) is 0. The Kier molecular flexibility index (Phi) is 4.45. The Morgan fingerprint density at radius 3 is 2.75 bits per heavy atom. The van der Waals surface area contributed by atoms with Crippen LogP contribution in [0, 0.1) is 0 Å². The minimum absolute atomic E-state index is 0.0635. The topological polar surface area (TPSA) is 62.2 Å². The number of amides is 1. The number of hydrogen-bond acceptors (Lipinski definition) is 5. The third-order valence-electron chi connectivity index (χ3n) is 2.71. The number of aliphatic hydroxyl groups excluding tert-OH is 1. The van der Waals surface area contributed by atoms with Crippen molar-refractivity contribution >= 4 is 6.09 Å². The van der Waals surface area contributed by atoms with E-state index >= 15 is 0 Å². The summed E-state index contributed by atoms with van der Waals surface area (Å²) in [7, 11) is 4.11. The first-order valence-electron chi connectivity index (χ1n) is 4.95. The second-order valence-electron chi connectivity index (χ2n) is 3.67. The van der Waals surface area contributed by atoms with E-state index in [4.69, 9.17) is 4.84 Å². The van der Waals surface area contributed by atoms with E-state index in [1.54, 1.807) is 0 Å². The van der Waals surface area contributed by atoms with E-state index in [1.807, 2.05) is 0 Å². The number of methoxy groups -OCH3 is 1. The number of alkyl halides is 1. The molecule has 7 heteroatoms. The highest BCUT2D eigenvalue weighted by Crippen LogP contribution is 2.24. The minimum Gasteiger partial charge on any atom is -0.453 e. The van der Waals surface area contributed by atoms with E-state index in [0.29, 0.717) is 0 Å². The molecule has 0 saturated carbocycles. The van der Waals surface area contributed by atoms with Gasteiger partial charge in [-0.2, -0.15) is 5.06 Å². The molecule has 1 aliphatic heterocycles. The van der Waals surface area contributed by atoms with Gasteiger partial charge in [0.05, 0.1) is 26.8 Å². The van der Waals surface area contributed by atoms with Gasteiger partial charge in [-0.3, -0.25) is 9.74 Å². The van der Waals surface area contributed by atoms with Crippen molar-refractivity contribution < 1.29 is 23.9 Å². The van der Waals surface area contributed by atoms with Gasteiger partial charge >= 0.3 is 6.09 Å². The summed E-state index contributed by atoms with van der Waals surface area (Å²) in [6.45, 7) is -0.0635. The standard InChI is InChI=1S/C9H17FN2O4/c1-11(16-3)8(13)7-4-6(10)5-12(7)9(14)15-2/h6-8,13H,4-5H2,1-3H3/t6-,7+,8?/m1/s1. The molecule has 1 saturated heterocycles. The average molecular weight is 236 g/mol. The Labute approximate surface area is 93.5 Å². The lowest BCUT2D eigenvalue weighted by Gasteiger charge is -2.31. The van der Waals surface area contributed by atoms with Gasteiger partial charge in [-0.05, 0) is 0 Å². The first-order chi connectivity index (χ1) is 7.51. The van der Waals surface area contributed by atoms with Crippen LogP contribution < -0.4 is 0 Å². The molecule has 0 aromatic rings. The lowest BCUT2D eigenvalue weighted by molar-refractivity contribution is -0.218. The Morgan fingerprint density at radius 2 is 2.25 bits per heavy atom. The molecule has 1 rings (SSSR count). The molecule has 16 heavy (non-hydrogen) atoms. The number of halogens is 1. The molecular formula is C9H17FN2O4. The van der Waals surface area contributed by atoms with Crippen molar-refractivity contribution in [2.75, 3.05) is 27.8 Å². The van der Waals surface area contributed by atoms with Crippen molar-refractivity contribution in [3.63, 3.8) is 0 Å². The van der Waals surface area contributed by atoms with E-state index in [1.165, 1.54) is 31.2 Å². The summed E-state index contributed by atoms with van der Waals surface area (Å²) in [5, 5.41) is 11.0. The molecular weight excluding hydrogens is 219 g/mol. The van der Waals surface area contributed by atoms with E-state index in [-0.39, 0.29) is 13.0 Å². The highest BCUT2D eigenvalue weighted by atomic mass is 19.1. The molecule has 94 valence electrons. The van der Waals surface area contributed by atoms with Gasteiger partial charge in [-0.25, -0.2) is 9.18 Å². The molecule has 6 nitrogen and oxygen atoms in total. The largest absolute Gasteiger partial charge is 0.453 e. The first kappa shape index (κ1) is 13.1. The molecule has 0 aliphatic carbocycles. The number of likely N-dealkylation sites (N-methyl/N-ethyl adjacent to an activating group) is 1. The third-order valence-corrected chi connectivity index (χ3v) is 2.71. The van der Waals surface area contributed by atoms with Crippen LogP contribution >= 0.6 is 0 Å². The molecule has 0 radical (unpaired) electrons. The van der Waals surface area contributed by atoms with Crippen LogP contribution in [0.2, 0.25) is 0 Å². The molecule has 3 atom stereocenters. The fourth-order valence-electron chi connectivity index (χ4n) is 1.77. The molecule has 1 amide bonds. The van der Waals surface area contributed by atoms with E-state index in [2.05, 4.69) is 4.74 Å². The number of hydroxylamine groups is 2. The maximum absolute atomic E-state index is 13.2. The van der Waals surface area contributed by atoms with Gasteiger partial charge in [0, 0.05) is 13.5 Å². The predicted molar refractivity (Wildman–Crippen MR) is 53.2 cm³/mol. The number of hydrogen-bond donors (Lipinski definition) is 1. The molecule has 1 fully saturated rings. The van der Waals surface area contributed by atoms with Crippen LogP contribution in [0.4, 0.5) is 9.18 Å². The maximum atomic E-state index is 13.2. The Balaban J connectivity index is 2.72. The quantitative estimate of drug-likeness (QED) is 0.551. The van der Waals surface area contributed by atoms with Gasteiger partial charge in [-0.1, -0.05) is 0 Å². The highest BCUT2D eigenvalue weighted by molar-refractivity contribution is 5.68. The van der Waals surface area contributed by atoms with Crippen LogP contribution in [-0.2, 0) is 9.57 Å². The summed E-state index contributed by atoms with van der Waals surface area (Å²) in [6.07, 6.45) is -2.80. The lowest BCUT2D eigenvalue weighted by atomic mass is 10.2. The normalized spacial score (nSPS) is 27.2. The molecule has 0 spiro atoms. The molecule has 1 aliphatic rings. The number of carbonyl (C=O) groups is 1. The number of nitrogens with zero attached hydrogens (tertiary/aromatic N) is 2. The van der Waals surface area contributed by atoms with Crippen molar-refractivity contribution in [3.8, 4) is 0 Å². The SMILES string of the molecule is COC(=O)N1C[C@H](F)C[C@H]1C(O)N(C)OC. The van der Waals surface area contributed by atoms with Crippen molar-refractivity contribution in [1.29, 1.82) is 0 Å². The maximum Gasteiger partial charge on any atom is 0.409 e. The van der Waals surface area contributed by atoms with Crippen LogP contribution in [0.3, 0.4) is 0 Å². The average Bonchev–Trinajstić information content (AvgIpc) is 2.68.